The van der Waals surface area contributed by atoms with E-state index in [1.54, 1.807) is 6.20 Å². The van der Waals surface area contributed by atoms with Crippen molar-refractivity contribution in [2.24, 2.45) is 0 Å². The van der Waals surface area contributed by atoms with Crippen molar-refractivity contribution in [3.05, 3.63) is 33.3 Å². The zero-order valence-electron chi connectivity index (χ0n) is 11.0. The van der Waals surface area contributed by atoms with Crippen molar-refractivity contribution in [3.8, 4) is 11.5 Å². The Bertz CT molecular complexity index is 654. The van der Waals surface area contributed by atoms with E-state index in [1.165, 1.54) is 18.3 Å². The molecule has 0 aliphatic carbocycles. The topological polar surface area (TPSA) is 31.4 Å². The first kappa shape index (κ1) is 17.4. The van der Waals surface area contributed by atoms with Crippen LogP contribution < -0.4 is 9.47 Å². The lowest BCUT2D eigenvalue weighted by Crippen LogP contribution is -2.07. The Kier molecular flexibility index (Phi) is 5.93. The van der Waals surface area contributed by atoms with Gasteiger partial charge in [-0.1, -0.05) is 11.8 Å². The van der Waals surface area contributed by atoms with E-state index in [9.17, 15) is 17.6 Å². The zero-order chi connectivity index (χ0) is 16.3. The molecule has 0 N–H and O–H groups in total. The number of hydrogen-bond donors (Lipinski definition) is 0. The molecule has 0 aliphatic rings. The third-order valence-corrected chi connectivity index (χ3v) is 4.78. The first-order valence-electron chi connectivity index (χ1n) is 5.81. The molecule has 2 aromatic rings. The molecule has 0 fully saturated rings. The molecule has 0 saturated heterocycles. The van der Waals surface area contributed by atoms with Gasteiger partial charge in [0.2, 0.25) is 23.3 Å². The average Bonchev–Trinajstić information content (AvgIpc) is 2.91. The number of benzene rings is 1. The van der Waals surface area contributed by atoms with Crippen molar-refractivity contribution in [1.82, 2.24) is 4.98 Å². The summed E-state index contributed by atoms with van der Waals surface area (Å²) in [5.74, 6) is -9.01. The Balaban J connectivity index is 2.17. The van der Waals surface area contributed by atoms with Gasteiger partial charge in [0.1, 0.15) is 5.94 Å². The second kappa shape index (κ2) is 7.51. The molecule has 120 valence electrons. The molecule has 0 radical (unpaired) electrons. The minimum Gasteiger partial charge on any atom is -0.488 e. The van der Waals surface area contributed by atoms with Gasteiger partial charge < -0.3 is 9.47 Å². The molecule has 0 unspecified atom stereocenters. The van der Waals surface area contributed by atoms with Gasteiger partial charge in [-0.3, -0.25) is 0 Å². The van der Waals surface area contributed by atoms with Crippen LogP contribution in [0.25, 0.3) is 0 Å². The molecule has 22 heavy (non-hydrogen) atoms. The van der Waals surface area contributed by atoms with Crippen LogP contribution in [0.2, 0.25) is 0 Å². The summed E-state index contributed by atoms with van der Waals surface area (Å²) in [5, 5.41) is 0. The van der Waals surface area contributed by atoms with Crippen LogP contribution in [0.5, 0.6) is 11.5 Å². The smallest absolute Gasteiger partial charge is 0.207 e. The van der Waals surface area contributed by atoms with E-state index in [0.29, 0.717) is 4.34 Å². The highest BCUT2D eigenvalue weighted by Gasteiger charge is 2.27. The molecule has 1 heterocycles. The van der Waals surface area contributed by atoms with E-state index in [2.05, 4.69) is 25.7 Å². The molecular formula is C12H8BrF4NO2S2. The summed E-state index contributed by atoms with van der Waals surface area (Å²) in [5.41, 5.74) is 0. The van der Waals surface area contributed by atoms with E-state index in [0.717, 1.165) is 15.5 Å². The summed E-state index contributed by atoms with van der Waals surface area (Å²) in [4.78, 5) is 3.96. The molecule has 0 saturated carbocycles. The van der Waals surface area contributed by atoms with Crippen molar-refractivity contribution in [1.29, 1.82) is 0 Å². The standard InChI is InChI=1S/C12H8BrF4NO2S2/c1-2-19-10-6(14)8(16)11(9(17)7(10)15)20-4-21-12-18-3-5(13)22-12/h3H,2,4H2,1H3. The van der Waals surface area contributed by atoms with Crippen LogP contribution in [-0.4, -0.2) is 17.5 Å². The predicted molar refractivity (Wildman–Crippen MR) is 78.6 cm³/mol. The molecule has 1 aromatic heterocycles. The Hall–Kier alpha value is -1.000. The van der Waals surface area contributed by atoms with E-state index in [4.69, 9.17) is 4.74 Å². The van der Waals surface area contributed by atoms with Crippen LogP contribution in [0.3, 0.4) is 0 Å². The summed E-state index contributed by atoms with van der Waals surface area (Å²) in [6.07, 6.45) is 1.55. The lowest BCUT2D eigenvalue weighted by atomic mass is 10.2. The van der Waals surface area contributed by atoms with Crippen LogP contribution >= 0.6 is 39.0 Å². The molecule has 1 aromatic carbocycles. The van der Waals surface area contributed by atoms with Gasteiger partial charge in [0.05, 0.1) is 16.6 Å². The summed E-state index contributed by atoms with van der Waals surface area (Å²) in [7, 11) is 0. The molecule has 0 bridgehead atoms. The molecule has 0 atom stereocenters. The van der Waals surface area contributed by atoms with Crippen LogP contribution in [0, 0.1) is 23.3 Å². The number of rotatable bonds is 6. The maximum absolute atomic E-state index is 13.7. The predicted octanol–water partition coefficient (Wildman–Crippen LogP) is 4.99. The van der Waals surface area contributed by atoms with E-state index in [1.807, 2.05) is 0 Å². The van der Waals surface area contributed by atoms with E-state index < -0.39 is 34.8 Å². The fourth-order valence-electron chi connectivity index (χ4n) is 1.43. The summed E-state index contributed by atoms with van der Waals surface area (Å²) in [6, 6.07) is 0. The Morgan fingerprint density at radius 3 is 2.09 bits per heavy atom. The Labute approximate surface area is 139 Å². The van der Waals surface area contributed by atoms with Gasteiger partial charge in [-0.15, -0.1) is 11.3 Å². The van der Waals surface area contributed by atoms with Crippen molar-refractivity contribution < 1.29 is 27.0 Å². The quantitative estimate of drug-likeness (QED) is 0.286. The second-order valence-corrected chi connectivity index (χ2v) is 7.26. The number of thiazole rings is 1. The van der Waals surface area contributed by atoms with Gasteiger partial charge in [0, 0.05) is 0 Å². The molecule has 0 aliphatic heterocycles. The largest absolute Gasteiger partial charge is 0.488 e. The van der Waals surface area contributed by atoms with Crippen molar-refractivity contribution in [2.75, 3.05) is 12.5 Å². The third kappa shape index (κ3) is 3.66. The van der Waals surface area contributed by atoms with Crippen molar-refractivity contribution >= 4 is 39.0 Å². The number of nitrogens with zero attached hydrogens (tertiary/aromatic N) is 1. The Morgan fingerprint density at radius 2 is 1.64 bits per heavy atom. The van der Waals surface area contributed by atoms with Gasteiger partial charge >= 0.3 is 0 Å². The van der Waals surface area contributed by atoms with E-state index in [-0.39, 0.29) is 12.5 Å². The highest BCUT2D eigenvalue weighted by molar-refractivity contribution is 9.11. The molecule has 0 amide bonds. The van der Waals surface area contributed by atoms with Crippen LogP contribution in [-0.2, 0) is 0 Å². The number of halogens is 5. The first-order chi connectivity index (χ1) is 10.5. The highest BCUT2D eigenvalue weighted by Crippen LogP contribution is 2.35. The molecule has 3 nitrogen and oxygen atoms in total. The van der Waals surface area contributed by atoms with E-state index >= 15 is 0 Å². The lowest BCUT2D eigenvalue weighted by molar-refractivity contribution is 0.268. The van der Waals surface area contributed by atoms with Crippen molar-refractivity contribution in [2.45, 2.75) is 11.3 Å². The summed E-state index contributed by atoms with van der Waals surface area (Å²) < 4.78 is 65.4. The number of ether oxygens (including phenoxy) is 2. The van der Waals surface area contributed by atoms with Gasteiger partial charge in [-0.2, -0.15) is 17.6 Å². The lowest BCUT2D eigenvalue weighted by Gasteiger charge is -2.12. The summed E-state index contributed by atoms with van der Waals surface area (Å²) in [6.45, 7) is 1.30. The minimum atomic E-state index is -1.64. The highest BCUT2D eigenvalue weighted by atomic mass is 79.9. The van der Waals surface area contributed by atoms with Gasteiger partial charge in [0.15, 0.2) is 15.8 Å². The molecule has 10 heteroatoms. The number of aromatic nitrogens is 1. The maximum Gasteiger partial charge on any atom is 0.207 e. The third-order valence-electron chi connectivity index (χ3n) is 2.31. The van der Waals surface area contributed by atoms with Crippen molar-refractivity contribution in [3.63, 3.8) is 0 Å². The monoisotopic (exact) mass is 417 g/mol. The number of hydrogen-bond acceptors (Lipinski definition) is 5. The zero-order valence-corrected chi connectivity index (χ0v) is 14.2. The fourth-order valence-corrected chi connectivity index (χ4v) is 3.75. The summed E-state index contributed by atoms with van der Waals surface area (Å²) >= 11 is 5.51. The van der Waals surface area contributed by atoms with Gasteiger partial charge in [-0.25, -0.2) is 4.98 Å². The fraction of sp³-hybridized carbons (Fsp3) is 0.250. The first-order valence-corrected chi connectivity index (χ1v) is 8.40. The maximum atomic E-state index is 13.7. The van der Waals surface area contributed by atoms with Crippen LogP contribution in [0.15, 0.2) is 14.3 Å². The normalized spacial score (nSPS) is 10.8. The van der Waals surface area contributed by atoms with Crippen LogP contribution in [0.1, 0.15) is 6.92 Å². The number of thioether (sulfide) groups is 1. The molecular weight excluding hydrogens is 410 g/mol. The van der Waals surface area contributed by atoms with Crippen LogP contribution in [0.4, 0.5) is 17.6 Å². The second-order valence-electron chi connectivity index (χ2n) is 3.68. The SMILES string of the molecule is CCOc1c(F)c(F)c(OCSc2ncc(Br)s2)c(F)c1F. The van der Waals surface area contributed by atoms with Gasteiger partial charge in [0.25, 0.3) is 0 Å². The Morgan fingerprint density at radius 1 is 1.09 bits per heavy atom. The van der Waals surface area contributed by atoms with Gasteiger partial charge in [-0.05, 0) is 22.9 Å². The molecule has 2 rings (SSSR count). The minimum absolute atomic E-state index is 0.137. The average molecular weight is 418 g/mol. The molecule has 0 spiro atoms.